The topological polar surface area (TPSA) is 66.4 Å². The van der Waals surface area contributed by atoms with Gasteiger partial charge >= 0.3 is 0 Å². The van der Waals surface area contributed by atoms with Crippen LogP contribution in [0.3, 0.4) is 0 Å². The van der Waals surface area contributed by atoms with Crippen LogP contribution in [0.2, 0.25) is 0 Å². The Morgan fingerprint density at radius 2 is 1.59 bits per heavy atom. The molecule has 1 aromatic heterocycles. The highest BCUT2D eigenvalue weighted by Crippen LogP contribution is 2.37. The molecule has 3 fully saturated rings. The quantitative estimate of drug-likeness (QED) is 0.671. The fraction of sp³-hybridized carbons (Fsp3) is 0.769. The Labute approximate surface area is 192 Å². The van der Waals surface area contributed by atoms with Gasteiger partial charge in [0.1, 0.15) is 5.82 Å². The number of anilines is 1. The molecule has 2 amide bonds. The minimum atomic E-state index is -0.0468. The summed E-state index contributed by atoms with van der Waals surface area (Å²) in [5, 5.41) is 0. The molecular formula is C26H38N4O2. The van der Waals surface area contributed by atoms with Crippen LogP contribution in [0.5, 0.6) is 0 Å². The second-order valence-corrected chi connectivity index (χ2v) is 10.5. The summed E-state index contributed by atoms with van der Waals surface area (Å²) in [6, 6.07) is -0.0468. The van der Waals surface area contributed by atoms with E-state index in [1.54, 1.807) is 0 Å². The normalized spacial score (nSPS) is 25.3. The first-order chi connectivity index (χ1) is 15.6. The molecule has 4 aliphatic rings. The lowest BCUT2D eigenvalue weighted by Gasteiger charge is -2.38. The maximum Gasteiger partial charge on any atom is 0.232 e. The number of carbonyl (C=O) groups is 2. The van der Waals surface area contributed by atoms with Gasteiger partial charge in [-0.3, -0.25) is 14.5 Å². The van der Waals surface area contributed by atoms with E-state index in [4.69, 9.17) is 9.97 Å². The maximum atomic E-state index is 13.4. The summed E-state index contributed by atoms with van der Waals surface area (Å²) in [7, 11) is 0. The third-order valence-corrected chi connectivity index (χ3v) is 8.30. The van der Waals surface area contributed by atoms with Crippen LogP contribution in [0.1, 0.15) is 107 Å². The lowest BCUT2D eigenvalue weighted by molar-refractivity contribution is -0.140. The largest absolute Gasteiger partial charge is 0.332 e. The Hall–Kier alpha value is -1.98. The van der Waals surface area contributed by atoms with Gasteiger partial charge in [0.2, 0.25) is 11.8 Å². The van der Waals surface area contributed by atoms with Crippen LogP contribution >= 0.6 is 0 Å². The van der Waals surface area contributed by atoms with E-state index in [1.165, 1.54) is 51.4 Å². The number of aromatic nitrogens is 2. The number of rotatable bonds is 4. The zero-order chi connectivity index (χ0) is 22.1. The van der Waals surface area contributed by atoms with E-state index in [2.05, 4.69) is 4.90 Å². The maximum absolute atomic E-state index is 13.4. The van der Waals surface area contributed by atoms with Crippen molar-refractivity contribution in [3.05, 3.63) is 17.1 Å². The number of amides is 2. The minimum absolute atomic E-state index is 0.0468. The number of nitrogens with zero attached hydrogens (tertiary/aromatic N) is 4. The highest BCUT2D eigenvalue weighted by molar-refractivity contribution is 6.00. The zero-order valence-electron chi connectivity index (χ0n) is 19.7. The third-order valence-electron chi connectivity index (χ3n) is 8.30. The lowest BCUT2D eigenvalue weighted by Crippen LogP contribution is -2.43. The number of aryl methyl sites for hydroxylation is 1. The second kappa shape index (κ2) is 9.48. The molecule has 0 radical (unpaired) electrons. The van der Waals surface area contributed by atoms with Crippen LogP contribution in [0.25, 0.3) is 0 Å². The molecule has 6 heteroatoms. The fourth-order valence-corrected chi connectivity index (χ4v) is 6.41. The van der Waals surface area contributed by atoms with E-state index in [-0.39, 0.29) is 17.9 Å². The van der Waals surface area contributed by atoms with E-state index >= 15 is 0 Å². The van der Waals surface area contributed by atoms with E-state index < -0.39 is 0 Å². The van der Waals surface area contributed by atoms with Gasteiger partial charge in [-0.15, -0.1) is 0 Å². The Morgan fingerprint density at radius 3 is 2.34 bits per heavy atom. The van der Waals surface area contributed by atoms with Crippen LogP contribution in [-0.4, -0.2) is 39.8 Å². The third kappa shape index (κ3) is 4.29. The van der Waals surface area contributed by atoms with Crippen molar-refractivity contribution in [1.82, 2.24) is 14.9 Å². The van der Waals surface area contributed by atoms with Gasteiger partial charge < -0.3 is 4.90 Å². The van der Waals surface area contributed by atoms with Crippen LogP contribution in [0.15, 0.2) is 0 Å². The summed E-state index contributed by atoms with van der Waals surface area (Å²) in [5.41, 5.74) is 1.91. The average molecular weight is 439 g/mol. The molecule has 0 unspecified atom stereocenters. The van der Waals surface area contributed by atoms with Crippen molar-refractivity contribution in [3.63, 3.8) is 0 Å². The summed E-state index contributed by atoms with van der Waals surface area (Å²) in [5.74, 6) is 2.82. The van der Waals surface area contributed by atoms with Crippen LogP contribution in [0.4, 0.5) is 5.82 Å². The number of piperidine rings is 1. The number of likely N-dealkylation sites (tertiary alicyclic amines) is 1. The predicted octanol–water partition coefficient (Wildman–Crippen LogP) is 4.89. The first-order valence-corrected chi connectivity index (χ1v) is 13.1. The molecule has 1 saturated heterocycles. The van der Waals surface area contributed by atoms with Gasteiger partial charge in [0, 0.05) is 30.3 Å². The summed E-state index contributed by atoms with van der Waals surface area (Å²) < 4.78 is 0. The summed E-state index contributed by atoms with van der Waals surface area (Å²) >= 11 is 0. The predicted molar refractivity (Wildman–Crippen MR) is 124 cm³/mol. The molecule has 32 heavy (non-hydrogen) atoms. The van der Waals surface area contributed by atoms with E-state index in [0.717, 1.165) is 68.1 Å². The molecule has 0 spiro atoms. The van der Waals surface area contributed by atoms with Gasteiger partial charge in [-0.25, -0.2) is 9.97 Å². The monoisotopic (exact) mass is 438 g/mol. The van der Waals surface area contributed by atoms with Gasteiger partial charge in [0.25, 0.3) is 0 Å². The van der Waals surface area contributed by atoms with Gasteiger partial charge in [-0.2, -0.15) is 0 Å². The summed E-state index contributed by atoms with van der Waals surface area (Å²) in [6.07, 6.45) is 15.4. The van der Waals surface area contributed by atoms with E-state index in [9.17, 15) is 9.59 Å². The van der Waals surface area contributed by atoms with Crippen molar-refractivity contribution in [1.29, 1.82) is 0 Å². The molecule has 0 aromatic carbocycles. The highest BCUT2D eigenvalue weighted by Gasteiger charge is 2.38. The van der Waals surface area contributed by atoms with Crippen LogP contribution in [0, 0.1) is 18.8 Å². The molecule has 2 saturated carbocycles. The molecule has 5 rings (SSSR count). The highest BCUT2D eigenvalue weighted by atomic mass is 16.2. The molecule has 1 aromatic rings. The number of carbonyl (C=O) groups excluding carboxylic acids is 2. The molecule has 0 bridgehead atoms. The van der Waals surface area contributed by atoms with E-state index in [0.29, 0.717) is 18.2 Å². The van der Waals surface area contributed by atoms with Crippen molar-refractivity contribution in [2.45, 2.75) is 103 Å². The molecule has 3 heterocycles. The zero-order valence-corrected chi connectivity index (χ0v) is 19.7. The summed E-state index contributed by atoms with van der Waals surface area (Å²) in [6.45, 7) is 3.61. The van der Waals surface area contributed by atoms with Crippen molar-refractivity contribution in [2.24, 2.45) is 11.8 Å². The molecule has 2 aliphatic heterocycles. The van der Waals surface area contributed by atoms with Gasteiger partial charge in [0.05, 0.1) is 12.5 Å². The molecular weight excluding hydrogens is 400 g/mol. The first kappa shape index (κ1) is 21.8. The SMILES string of the molecule is Cc1nc([C@H]2CCCCN2C(=O)C2CCCCC2)nc2c1CC(=O)N2CC1CCCCC1. The number of hydrogen-bond acceptors (Lipinski definition) is 4. The number of hydrogen-bond donors (Lipinski definition) is 0. The van der Waals surface area contributed by atoms with Crippen molar-refractivity contribution in [3.8, 4) is 0 Å². The van der Waals surface area contributed by atoms with Crippen molar-refractivity contribution in [2.75, 3.05) is 18.0 Å². The summed E-state index contributed by atoms with van der Waals surface area (Å²) in [4.78, 5) is 40.3. The van der Waals surface area contributed by atoms with Crippen molar-refractivity contribution < 1.29 is 9.59 Å². The lowest BCUT2D eigenvalue weighted by atomic mass is 9.87. The van der Waals surface area contributed by atoms with E-state index in [1.807, 2.05) is 11.8 Å². The Morgan fingerprint density at radius 1 is 0.906 bits per heavy atom. The molecule has 0 N–H and O–H groups in total. The smallest absolute Gasteiger partial charge is 0.232 e. The first-order valence-electron chi connectivity index (χ1n) is 13.1. The van der Waals surface area contributed by atoms with Crippen LogP contribution < -0.4 is 4.90 Å². The standard InChI is InChI=1S/C26H38N4O2/c1-18-21-16-23(31)30(17-19-10-4-2-5-11-19)25(21)28-24(27-18)22-14-8-9-15-29(22)26(32)20-12-6-3-7-13-20/h19-20,22H,2-17H2,1H3/t22-/m1/s1. The fourth-order valence-electron chi connectivity index (χ4n) is 6.41. The molecule has 6 nitrogen and oxygen atoms in total. The van der Waals surface area contributed by atoms with Gasteiger partial charge in [0.15, 0.2) is 5.82 Å². The average Bonchev–Trinajstić information content (AvgIpc) is 3.15. The van der Waals surface area contributed by atoms with Gasteiger partial charge in [-0.05, 0) is 57.8 Å². The molecule has 174 valence electrons. The Bertz CT molecular complexity index is 858. The second-order valence-electron chi connectivity index (χ2n) is 10.5. The Balaban J connectivity index is 1.41. The van der Waals surface area contributed by atoms with Gasteiger partial charge in [-0.1, -0.05) is 38.5 Å². The Kier molecular flexibility index (Phi) is 6.47. The van der Waals surface area contributed by atoms with Crippen molar-refractivity contribution >= 4 is 17.6 Å². The number of fused-ring (bicyclic) bond motifs is 1. The minimum Gasteiger partial charge on any atom is -0.332 e. The van der Waals surface area contributed by atoms with Crippen LogP contribution in [-0.2, 0) is 16.0 Å². The molecule has 1 atom stereocenters. The molecule has 2 aliphatic carbocycles.